The minimum absolute atomic E-state index is 0.188. The van der Waals surface area contributed by atoms with Crippen LogP contribution in [-0.4, -0.2) is 17.8 Å². The van der Waals surface area contributed by atoms with Crippen LogP contribution in [0.3, 0.4) is 0 Å². The van der Waals surface area contributed by atoms with Gasteiger partial charge in [0.05, 0.1) is 6.10 Å². The summed E-state index contributed by atoms with van der Waals surface area (Å²) < 4.78 is 13.4. The smallest absolute Gasteiger partial charge is 0.127 e. The van der Waals surface area contributed by atoms with Crippen LogP contribution in [0.4, 0.5) is 4.39 Å². The van der Waals surface area contributed by atoms with Gasteiger partial charge in [-0.3, -0.25) is 0 Å². The molecule has 1 aromatic rings. The molecule has 3 heteroatoms. The molecule has 0 spiro atoms. The molecule has 0 aliphatic carbocycles. The van der Waals surface area contributed by atoms with Crippen LogP contribution < -0.4 is 5.32 Å². The molecule has 0 saturated heterocycles. The Morgan fingerprint density at radius 2 is 1.89 bits per heavy atom. The topological polar surface area (TPSA) is 32.3 Å². The van der Waals surface area contributed by atoms with Crippen LogP contribution in [0, 0.1) is 17.2 Å². The molecule has 102 valence electrons. The Bertz CT molecular complexity index is 377. The van der Waals surface area contributed by atoms with E-state index in [9.17, 15) is 9.50 Å². The highest BCUT2D eigenvalue weighted by Crippen LogP contribution is 2.25. The number of hydrogen-bond donors (Lipinski definition) is 2. The molecule has 2 nitrogen and oxygen atoms in total. The molecular weight excluding hydrogens is 229 g/mol. The maximum atomic E-state index is 13.4. The van der Waals surface area contributed by atoms with Gasteiger partial charge in [0.25, 0.3) is 0 Å². The van der Waals surface area contributed by atoms with Crippen LogP contribution in [0.15, 0.2) is 24.3 Å². The summed E-state index contributed by atoms with van der Waals surface area (Å²) in [5.74, 6) is 0.0301. The minimum Gasteiger partial charge on any atom is -0.392 e. The van der Waals surface area contributed by atoms with E-state index in [0.717, 1.165) is 0 Å². The molecule has 1 aromatic carbocycles. The van der Waals surface area contributed by atoms with Gasteiger partial charge in [-0.15, -0.1) is 0 Å². The fourth-order valence-corrected chi connectivity index (χ4v) is 2.17. The Morgan fingerprint density at radius 1 is 1.28 bits per heavy atom. The summed E-state index contributed by atoms with van der Waals surface area (Å²) in [5, 5.41) is 13.3. The third-order valence-corrected chi connectivity index (χ3v) is 3.29. The lowest BCUT2D eigenvalue weighted by Gasteiger charge is -2.33. The first-order valence-electron chi connectivity index (χ1n) is 6.47. The van der Waals surface area contributed by atoms with Gasteiger partial charge in [-0.2, -0.15) is 0 Å². The molecule has 0 heterocycles. The fraction of sp³-hybridized carbons (Fsp3) is 0.600. The molecule has 0 saturated carbocycles. The average Bonchev–Trinajstić information content (AvgIpc) is 2.30. The molecule has 1 unspecified atom stereocenters. The molecule has 0 aliphatic rings. The van der Waals surface area contributed by atoms with Gasteiger partial charge in [-0.1, -0.05) is 45.9 Å². The van der Waals surface area contributed by atoms with E-state index in [0.29, 0.717) is 18.7 Å². The van der Waals surface area contributed by atoms with E-state index >= 15 is 0 Å². The van der Waals surface area contributed by atoms with Crippen molar-refractivity contribution in [3.05, 3.63) is 35.6 Å². The largest absolute Gasteiger partial charge is 0.392 e. The van der Waals surface area contributed by atoms with Gasteiger partial charge in [-0.05, 0) is 12.0 Å². The lowest BCUT2D eigenvalue weighted by atomic mass is 9.80. The molecule has 0 amide bonds. The Morgan fingerprint density at radius 3 is 2.44 bits per heavy atom. The summed E-state index contributed by atoms with van der Waals surface area (Å²) in [6, 6.07) is 6.75. The van der Waals surface area contributed by atoms with Crippen molar-refractivity contribution in [3.63, 3.8) is 0 Å². The number of benzene rings is 1. The summed E-state index contributed by atoms with van der Waals surface area (Å²) in [6.07, 6.45) is -0.370. The van der Waals surface area contributed by atoms with E-state index < -0.39 is 0 Å². The summed E-state index contributed by atoms with van der Waals surface area (Å²) in [6.45, 7) is 9.19. The first-order chi connectivity index (χ1) is 8.34. The van der Waals surface area contributed by atoms with Gasteiger partial charge < -0.3 is 10.4 Å². The van der Waals surface area contributed by atoms with Crippen LogP contribution >= 0.6 is 0 Å². The Balaban J connectivity index is 2.49. The summed E-state index contributed by atoms with van der Waals surface area (Å²) in [5.41, 5.74) is 0.437. The van der Waals surface area contributed by atoms with E-state index in [1.807, 2.05) is 33.8 Å². The first-order valence-corrected chi connectivity index (χ1v) is 6.47. The van der Waals surface area contributed by atoms with Crippen molar-refractivity contribution in [2.75, 3.05) is 6.54 Å². The molecule has 0 radical (unpaired) electrons. The van der Waals surface area contributed by atoms with Gasteiger partial charge in [0.15, 0.2) is 0 Å². The normalized spacial score (nSPS) is 13.9. The second-order valence-electron chi connectivity index (χ2n) is 5.87. The van der Waals surface area contributed by atoms with Crippen molar-refractivity contribution in [1.82, 2.24) is 5.32 Å². The van der Waals surface area contributed by atoms with Gasteiger partial charge in [0, 0.05) is 24.1 Å². The quantitative estimate of drug-likeness (QED) is 0.817. The SMILES string of the molecule is CC(C)C(O)C(C)(C)CNCc1ccccc1F. The number of aliphatic hydroxyl groups is 1. The second kappa shape index (κ2) is 6.30. The van der Waals surface area contributed by atoms with E-state index in [-0.39, 0.29) is 23.3 Å². The number of rotatable bonds is 6. The number of aliphatic hydroxyl groups excluding tert-OH is 1. The zero-order valence-electron chi connectivity index (χ0n) is 11.7. The third-order valence-electron chi connectivity index (χ3n) is 3.29. The highest BCUT2D eigenvalue weighted by molar-refractivity contribution is 5.16. The first kappa shape index (κ1) is 15.1. The molecular formula is C15H24FNO. The van der Waals surface area contributed by atoms with Crippen LogP contribution in [0.25, 0.3) is 0 Å². The van der Waals surface area contributed by atoms with Gasteiger partial charge in [0.2, 0.25) is 0 Å². The van der Waals surface area contributed by atoms with E-state index in [2.05, 4.69) is 5.32 Å². The number of hydrogen-bond acceptors (Lipinski definition) is 2. The molecule has 18 heavy (non-hydrogen) atoms. The molecule has 0 aromatic heterocycles. The lowest BCUT2D eigenvalue weighted by molar-refractivity contribution is 0.0134. The van der Waals surface area contributed by atoms with E-state index in [4.69, 9.17) is 0 Å². The maximum Gasteiger partial charge on any atom is 0.127 e. The molecule has 1 atom stereocenters. The van der Waals surface area contributed by atoms with Crippen LogP contribution in [0.1, 0.15) is 33.3 Å². The van der Waals surface area contributed by atoms with Crippen molar-refractivity contribution >= 4 is 0 Å². The van der Waals surface area contributed by atoms with Crippen LogP contribution in [-0.2, 0) is 6.54 Å². The lowest BCUT2D eigenvalue weighted by Crippen LogP contribution is -2.41. The third kappa shape index (κ3) is 4.07. The molecule has 0 bridgehead atoms. The molecule has 2 N–H and O–H groups in total. The van der Waals surface area contributed by atoms with Crippen LogP contribution in [0.2, 0.25) is 0 Å². The monoisotopic (exact) mass is 253 g/mol. The fourth-order valence-electron chi connectivity index (χ4n) is 2.17. The Hall–Kier alpha value is -0.930. The zero-order valence-corrected chi connectivity index (χ0v) is 11.7. The minimum atomic E-state index is -0.370. The average molecular weight is 253 g/mol. The van der Waals surface area contributed by atoms with E-state index in [1.54, 1.807) is 12.1 Å². The zero-order chi connectivity index (χ0) is 13.8. The van der Waals surface area contributed by atoms with Crippen molar-refractivity contribution in [1.29, 1.82) is 0 Å². The standard InChI is InChI=1S/C15H24FNO/c1-11(2)14(18)15(3,4)10-17-9-12-7-5-6-8-13(12)16/h5-8,11,14,17-18H,9-10H2,1-4H3. The van der Waals surface area contributed by atoms with Crippen molar-refractivity contribution in [3.8, 4) is 0 Å². The number of nitrogens with one attached hydrogen (secondary N) is 1. The van der Waals surface area contributed by atoms with Crippen molar-refractivity contribution in [2.45, 2.75) is 40.3 Å². The summed E-state index contributed by atoms with van der Waals surface area (Å²) in [4.78, 5) is 0. The van der Waals surface area contributed by atoms with E-state index in [1.165, 1.54) is 6.07 Å². The summed E-state index contributed by atoms with van der Waals surface area (Å²) in [7, 11) is 0. The predicted molar refractivity (Wildman–Crippen MR) is 72.7 cm³/mol. The highest BCUT2D eigenvalue weighted by atomic mass is 19.1. The Labute approximate surface area is 109 Å². The maximum absolute atomic E-state index is 13.4. The van der Waals surface area contributed by atoms with Gasteiger partial charge in [-0.25, -0.2) is 4.39 Å². The Kier molecular flexibility index (Phi) is 5.29. The predicted octanol–water partition coefficient (Wildman–Crippen LogP) is 2.96. The van der Waals surface area contributed by atoms with Crippen molar-refractivity contribution in [2.24, 2.45) is 11.3 Å². The molecule has 1 rings (SSSR count). The summed E-state index contributed by atoms with van der Waals surface area (Å²) >= 11 is 0. The van der Waals surface area contributed by atoms with Crippen molar-refractivity contribution < 1.29 is 9.50 Å². The van der Waals surface area contributed by atoms with Crippen LogP contribution in [0.5, 0.6) is 0 Å². The second-order valence-corrected chi connectivity index (χ2v) is 5.87. The molecule has 0 fully saturated rings. The number of halogens is 1. The van der Waals surface area contributed by atoms with Gasteiger partial charge >= 0.3 is 0 Å². The van der Waals surface area contributed by atoms with Gasteiger partial charge in [0.1, 0.15) is 5.82 Å². The highest BCUT2D eigenvalue weighted by Gasteiger charge is 2.29. The molecule has 0 aliphatic heterocycles.